The number of methoxy groups -OCH3 is 1. The molecule has 0 bridgehead atoms. The van der Waals surface area contributed by atoms with Crippen molar-refractivity contribution in [2.45, 2.75) is 32.6 Å². The van der Waals surface area contributed by atoms with Gasteiger partial charge in [0.2, 0.25) is 5.88 Å². The quantitative estimate of drug-likeness (QED) is 0.785. The van der Waals surface area contributed by atoms with Crippen LogP contribution in [-0.4, -0.2) is 12.1 Å². The van der Waals surface area contributed by atoms with E-state index in [0.717, 1.165) is 5.52 Å². The van der Waals surface area contributed by atoms with Crippen molar-refractivity contribution in [2.24, 2.45) is 0 Å². The second kappa shape index (κ2) is 5.17. The maximum Gasteiger partial charge on any atom is 0.213 e. The molecule has 0 N–H and O–H groups in total. The van der Waals surface area contributed by atoms with Crippen LogP contribution in [0, 0.1) is 0 Å². The Morgan fingerprint density at radius 3 is 2.53 bits per heavy atom. The summed E-state index contributed by atoms with van der Waals surface area (Å²) in [5.74, 6) is 1.33. The summed E-state index contributed by atoms with van der Waals surface area (Å²) in [5.41, 5.74) is 2.41. The highest BCUT2D eigenvalue weighted by Gasteiger charge is 2.08. The van der Waals surface area contributed by atoms with Crippen molar-refractivity contribution < 1.29 is 4.74 Å². The summed E-state index contributed by atoms with van der Waals surface area (Å²) in [6.45, 7) is 4.48. The summed E-state index contributed by atoms with van der Waals surface area (Å²) in [6.07, 6.45) is 2.37. The van der Waals surface area contributed by atoms with Crippen molar-refractivity contribution >= 4 is 10.9 Å². The first-order valence-electron chi connectivity index (χ1n) is 6.23. The normalized spacial score (nSPS) is 11.1. The lowest BCUT2D eigenvalue weighted by atomic mass is 9.93. The zero-order chi connectivity index (χ0) is 12.3. The van der Waals surface area contributed by atoms with Gasteiger partial charge in [-0.15, -0.1) is 0 Å². The van der Waals surface area contributed by atoms with Gasteiger partial charge in [0.25, 0.3) is 0 Å². The van der Waals surface area contributed by atoms with Crippen molar-refractivity contribution in [3.63, 3.8) is 0 Å². The molecular weight excluding hydrogens is 210 g/mol. The number of nitrogens with zero attached hydrogens (tertiary/aromatic N) is 1. The molecule has 90 valence electrons. The molecule has 0 spiro atoms. The van der Waals surface area contributed by atoms with Crippen molar-refractivity contribution in [2.75, 3.05) is 7.11 Å². The van der Waals surface area contributed by atoms with Crippen LogP contribution < -0.4 is 4.74 Å². The zero-order valence-corrected chi connectivity index (χ0v) is 10.7. The summed E-state index contributed by atoms with van der Waals surface area (Å²) >= 11 is 0. The lowest BCUT2D eigenvalue weighted by Gasteiger charge is -2.13. The van der Waals surface area contributed by atoms with Crippen molar-refractivity contribution in [1.82, 2.24) is 4.98 Å². The van der Waals surface area contributed by atoms with Crippen LogP contribution in [-0.2, 0) is 0 Å². The van der Waals surface area contributed by atoms with E-state index >= 15 is 0 Å². The van der Waals surface area contributed by atoms with Gasteiger partial charge in [-0.1, -0.05) is 19.9 Å². The van der Waals surface area contributed by atoms with E-state index in [1.165, 1.54) is 23.8 Å². The number of pyridine rings is 1. The molecule has 0 radical (unpaired) electrons. The maximum atomic E-state index is 5.13. The smallest absolute Gasteiger partial charge is 0.213 e. The first-order chi connectivity index (χ1) is 8.28. The molecule has 2 aromatic rings. The molecule has 17 heavy (non-hydrogen) atoms. The highest BCUT2D eigenvalue weighted by Crippen LogP contribution is 2.26. The van der Waals surface area contributed by atoms with E-state index in [0.29, 0.717) is 11.8 Å². The summed E-state index contributed by atoms with van der Waals surface area (Å²) < 4.78 is 5.13. The highest BCUT2D eigenvalue weighted by atomic mass is 16.5. The molecule has 0 saturated carbocycles. The van der Waals surface area contributed by atoms with Crippen LogP contribution in [0.25, 0.3) is 10.9 Å². The van der Waals surface area contributed by atoms with E-state index in [1.807, 2.05) is 6.07 Å². The van der Waals surface area contributed by atoms with Crippen molar-refractivity contribution in [1.29, 1.82) is 0 Å². The van der Waals surface area contributed by atoms with E-state index in [4.69, 9.17) is 4.74 Å². The van der Waals surface area contributed by atoms with Crippen LogP contribution in [0.4, 0.5) is 0 Å². The van der Waals surface area contributed by atoms with E-state index < -0.39 is 0 Å². The Kier molecular flexibility index (Phi) is 3.62. The second-order valence-electron chi connectivity index (χ2n) is 4.32. The van der Waals surface area contributed by atoms with Gasteiger partial charge >= 0.3 is 0 Å². The Bertz CT molecular complexity index is 503. The number of benzene rings is 1. The molecule has 1 aromatic carbocycles. The third-order valence-electron chi connectivity index (χ3n) is 3.35. The molecular formula is C15H19NO. The molecule has 1 heterocycles. The molecule has 0 saturated heterocycles. The largest absolute Gasteiger partial charge is 0.481 e. The summed E-state index contributed by atoms with van der Waals surface area (Å²) in [7, 11) is 1.65. The van der Waals surface area contributed by atoms with Crippen LogP contribution in [0.3, 0.4) is 0 Å². The molecule has 2 nitrogen and oxygen atoms in total. The molecule has 0 fully saturated rings. The first kappa shape index (κ1) is 11.9. The molecule has 0 aliphatic rings. The standard InChI is InChI=1S/C15H19NO/c1-4-11(5-2)12-6-8-14-13(10-12)7-9-15(16-14)17-3/h6-11H,4-5H2,1-3H3. The number of rotatable bonds is 4. The van der Waals surface area contributed by atoms with Crippen LogP contribution in [0.5, 0.6) is 5.88 Å². The van der Waals surface area contributed by atoms with Crippen molar-refractivity contribution in [3.05, 3.63) is 35.9 Å². The highest BCUT2D eigenvalue weighted by molar-refractivity contribution is 5.80. The second-order valence-corrected chi connectivity index (χ2v) is 4.32. The predicted octanol–water partition coefficient (Wildman–Crippen LogP) is 4.15. The number of hydrogen-bond acceptors (Lipinski definition) is 2. The fourth-order valence-electron chi connectivity index (χ4n) is 2.25. The monoisotopic (exact) mass is 229 g/mol. The van der Waals surface area contributed by atoms with Gasteiger partial charge in [-0.3, -0.25) is 0 Å². The average Bonchev–Trinajstić information content (AvgIpc) is 2.39. The zero-order valence-electron chi connectivity index (χ0n) is 10.7. The van der Waals surface area contributed by atoms with Crippen molar-refractivity contribution in [3.8, 4) is 5.88 Å². The van der Waals surface area contributed by atoms with Gasteiger partial charge in [-0.25, -0.2) is 4.98 Å². The maximum absolute atomic E-state index is 5.13. The SMILES string of the molecule is CCC(CC)c1ccc2nc(OC)ccc2c1. The Hall–Kier alpha value is -1.57. The average molecular weight is 229 g/mol. The molecule has 1 aromatic heterocycles. The molecule has 0 atom stereocenters. The Morgan fingerprint density at radius 2 is 1.88 bits per heavy atom. The summed E-state index contributed by atoms with van der Waals surface area (Å²) in [6, 6.07) is 10.5. The van der Waals surface area contributed by atoms with Crippen LogP contribution in [0.2, 0.25) is 0 Å². The van der Waals surface area contributed by atoms with Crippen LogP contribution in [0.15, 0.2) is 30.3 Å². The fraction of sp³-hybridized carbons (Fsp3) is 0.400. The first-order valence-corrected chi connectivity index (χ1v) is 6.23. The van der Waals surface area contributed by atoms with Gasteiger partial charge in [0.15, 0.2) is 0 Å². The van der Waals surface area contributed by atoms with E-state index in [9.17, 15) is 0 Å². The molecule has 0 amide bonds. The summed E-state index contributed by atoms with van der Waals surface area (Å²) in [4.78, 5) is 4.42. The fourth-order valence-corrected chi connectivity index (χ4v) is 2.25. The number of hydrogen-bond donors (Lipinski definition) is 0. The van der Waals surface area contributed by atoms with Crippen LogP contribution >= 0.6 is 0 Å². The molecule has 2 rings (SSSR count). The Morgan fingerprint density at radius 1 is 1.12 bits per heavy atom. The van der Waals surface area contributed by atoms with Gasteiger partial charge < -0.3 is 4.74 Å². The van der Waals surface area contributed by atoms with Gasteiger partial charge in [0, 0.05) is 11.5 Å². The van der Waals surface area contributed by atoms with Gasteiger partial charge in [-0.05, 0) is 42.5 Å². The van der Waals surface area contributed by atoms with E-state index in [1.54, 1.807) is 7.11 Å². The third kappa shape index (κ3) is 2.41. The molecule has 0 unspecified atom stereocenters. The minimum atomic E-state index is 0.654. The number of aromatic nitrogens is 1. The van der Waals surface area contributed by atoms with Gasteiger partial charge in [-0.2, -0.15) is 0 Å². The molecule has 0 aliphatic heterocycles. The number of fused-ring (bicyclic) bond motifs is 1. The Labute approximate surface area is 103 Å². The Balaban J connectivity index is 2.44. The lowest BCUT2D eigenvalue weighted by Crippen LogP contribution is -1.95. The predicted molar refractivity (Wildman–Crippen MR) is 71.6 cm³/mol. The number of ether oxygens (including phenoxy) is 1. The lowest BCUT2D eigenvalue weighted by molar-refractivity contribution is 0.399. The topological polar surface area (TPSA) is 22.1 Å². The summed E-state index contributed by atoms with van der Waals surface area (Å²) in [5, 5.41) is 1.19. The van der Waals surface area contributed by atoms with E-state index in [2.05, 4.69) is 43.1 Å². The van der Waals surface area contributed by atoms with Gasteiger partial charge in [0.1, 0.15) is 0 Å². The molecule has 0 aliphatic carbocycles. The molecule has 2 heteroatoms. The minimum absolute atomic E-state index is 0.654. The van der Waals surface area contributed by atoms with Gasteiger partial charge in [0.05, 0.1) is 12.6 Å². The minimum Gasteiger partial charge on any atom is -0.481 e. The van der Waals surface area contributed by atoms with Crippen LogP contribution in [0.1, 0.15) is 38.2 Å². The third-order valence-corrected chi connectivity index (χ3v) is 3.35. The van der Waals surface area contributed by atoms with E-state index in [-0.39, 0.29) is 0 Å².